The molecule has 2 aromatic heterocycles. The first-order valence-electron chi connectivity index (χ1n) is 3.23. The number of oxazole rings is 1. The number of fused-ring (bicyclic) bond motifs is 1. The van der Waals surface area contributed by atoms with Crippen LogP contribution < -0.4 is 5.73 Å². The zero-order valence-corrected chi connectivity index (χ0v) is 6.03. The molecule has 0 fully saturated rings. The van der Waals surface area contributed by atoms with Crippen LogP contribution in [0.4, 0.5) is 5.82 Å². The number of pyridine rings is 1. The number of hydrogen-bond acceptors (Lipinski definition) is 4. The molecule has 2 aromatic rings. The highest BCUT2D eigenvalue weighted by atomic mass is 16.3. The fourth-order valence-corrected chi connectivity index (χ4v) is 0.975. The molecule has 0 aliphatic heterocycles. The molecule has 2 rings (SSSR count). The Labute approximate surface area is 63.1 Å². The summed E-state index contributed by atoms with van der Waals surface area (Å²) in [7, 11) is 0. The van der Waals surface area contributed by atoms with Gasteiger partial charge >= 0.3 is 0 Å². The fraction of sp³-hybridized carbons (Fsp3) is 0.143. The van der Waals surface area contributed by atoms with Crippen LogP contribution in [0.5, 0.6) is 0 Å². The van der Waals surface area contributed by atoms with Crippen molar-refractivity contribution in [2.75, 3.05) is 5.73 Å². The Morgan fingerprint density at radius 2 is 2.27 bits per heavy atom. The molecule has 0 bridgehead atoms. The van der Waals surface area contributed by atoms with Crippen LogP contribution in [0.15, 0.2) is 17.0 Å². The third-order valence-corrected chi connectivity index (χ3v) is 1.66. The summed E-state index contributed by atoms with van der Waals surface area (Å²) in [5, 5.41) is 0. The Hall–Kier alpha value is -1.58. The van der Waals surface area contributed by atoms with Crippen LogP contribution in [-0.2, 0) is 0 Å². The summed E-state index contributed by atoms with van der Waals surface area (Å²) < 4.78 is 5.02. The van der Waals surface area contributed by atoms with E-state index in [1.165, 1.54) is 6.39 Å². The summed E-state index contributed by atoms with van der Waals surface area (Å²) in [4.78, 5) is 7.92. The van der Waals surface area contributed by atoms with Crippen molar-refractivity contribution in [1.29, 1.82) is 0 Å². The molecule has 4 heteroatoms. The van der Waals surface area contributed by atoms with E-state index in [9.17, 15) is 0 Å². The van der Waals surface area contributed by atoms with Crippen LogP contribution in [0.25, 0.3) is 11.1 Å². The van der Waals surface area contributed by atoms with E-state index in [0.29, 0.717) is 11.4 Å². The average Bonchev–Trinajstić information content (AvgIpc) is 2.45. The molecular formula is C7H7N3O. The number of nitrogen functional groups attached to an aromatic ring is 1. The Morgan fingerprint density at radius 3 is 3.09 bits per heavy atom. The molecule has 11 heavy (non-hydrogen) atoms. The van der Waals surface area contributed by atoms with Crippen LogP contribution in [0.2, 0.25) is 0 Å². The van der Waals surface area contributed by atoms with E-state index in [4.69, 9.17) is 10.2 Å². The number of aromatic nitrogens is 2. The number of nitrogens with zero attached hydrogens (tertiary/aromatic N) is 2. The van der Waals surface area contributed by atoms with Gasteiger partial charge in [0.05, 0.1) is 6.20 Å². The van der Waals surface area contributed by atoms with Crippen molar-refractivity contribution in [2.45, 2.75) is 6.92 Å². The van der Waals surface area contributed by atoms with Crippen LogP contribution in [0, 0.1) is 6.92 Å². The van der Waals surface area contributed by atoms with Gasteiger partial charge in [-0.3, -0.25) is 0 Å². The van der Waals surface area contributed by atoms with Gasteiger partial charge in [0.25, 0.3) is 0 Å². The van der Waals surface area contributed by atoms with Crippen LogP contribution >= 0.6 is 0 Å². The molecule has 0 spiro atoms. The van der Waals surface area contributed by atoms with Crippen molar-refractivity contribution < 1.29 is 4.42 Å². The zero-order valence-electron chi connectivity index (χ0n) is 6.03. The van der Waals surface area contributed by atoms with Gasteiger partial charge in [-0.05, 0) is 6.92 Å². The second-order valence-electron chi connectivity index (χ2n) is 2.33. The summed E-state index contributed by atoms with van der Waals surface area (Å²) >= 11 is 0. The van der Waals surface area contributed by atoms with Crippen molar-refractivity contribution >= 4 is 16.9 Å². The van der Waals surface area contributed by atoms with Gasteiger partial charge in [-0.1, -0.05) is 0 Å². The molecule has 0 saturated heterocycles. The molecule has 4 nitrogen and oxygen atoms in total. The quantitative estimate of drug-likeness (QED) is 0.609. The molecule has 0 saturated carbocycles. The molecule has 2 heterocycles. The molecule has 0 aliphatic carbocycles. The Morgan fingerprint density at radius 1 is 1.45 bits per heavy atom. The van der Waals surface area contributed by atoms with Gasteiger partial charge in [-0.25, -0.2) is 9.97 Å². The maximum absolute atomic E-state index is 5.55. The predicted molar refractivity (Wildman–Crippen MR) is 41.0 cm³/mol. The van der Waals surface area contributed by atoms with Gasteiger partial charge in [-0.2, -0.15) is 0 Å². The molecule has 56 valence electrons. The Balaban J connectivity index is 2.93. The van der Waals surface area contributed by atoms with Crippen molar-refractivity contribution in [3.05, 3.63) is 18.2 Å². The standard InChI is InChI=1S/C7H7N3O/c1-4-6-5(11-3-10-6)2-9-7(4)8/h2-3H,1H3,(H2,8,9). The Bertz CT molecular complexity index is 393. The lowest BCUT2D eigenvalue weighted by atomic mass is 10.2. The predicted octanol–water partition coefficient (Wildman–Crippen LogP) is 1.11. The molecule has 0 unspecified atom stereocenters. The highest BCUT2D eigenvalue weighted by molar-refractivity contribution is 5.78. The molecule has 0 atom stereocenters. The van der Waals surface area contributed by atoms with Crippen molar-refractivity contribution in [3.63, 3.8) is 0 Å². The molecule has 0 aliphatic rings. The topological polar surface area (TPSA) is 64.9 Å². The highest BCUT2D eigenvalue weighted by Gasteiger charge is 2.04. The van der Waals surface area contributed by atoms with E-state index in [0.717, 1.165) is 11.1 Å². The maximum Gasteiger partial charge on any atom is 0.182 e. The van der Waals surface area contributed by atoms with Gasteiger partial charge < -0.3 is 10.2 Å². The molecule has 0 radical (unpaired) electrons. The first kappa shape index (κ1) is 6.15. The summed E-state index contributed by atoms with van der Waals surface area (Å²) in [6.45, 7) is 1.87. The largest absolute Gasteiger partial charge is 0.442 e. The number of hydrogen-bond donors (Lipinski definition) is 1. The molecule has 0 amide bonds. The second-order valence-corrected chi connectivity index (χ2v) is 2.33. The third-order valence-electron chi connectivity index (χ3n) is 1.66. The number of nitrogens with two attached hydrogens (primary N) is 1. The SMILES string of the molecule is Cc1c(N)ncc2ocnc12. The lowest BCUT2D eigenvalue weighted by Crippen LogP contribution is -1.93. The number of aryl methyl sites for hydroxylation is 1. The zero-order chi connectivity index (χ0) is 7.84. The molecule has 2 N–H and O–H groups in total. The minimum atomic E-state index is 0.506. The average molecular weight is 149 g/mol. The van der Waals surface area contributed by atoms with Crippen molar-refractivity contribution in [2.24, 2.45) is 0 Å². The lowest BCUT2D eigenvalue weighted by Gasteiger charge is -1.95. The van der Waals surface area contributed by atoms with Gasteiger partial charge in [0.2, 0.25) is 0 Å². The van der Waals surface area contributed by atoms with E-state index in [-0.39, 0.29) is 0 Å². The second kappa shape index (κ2) is 1.95. The van der Waals surface area contributed by atoms with E-state index in [1.54, 1.807) is 6.20 Å². The number of rotatable bonds is 0. The van der Waals surface area contributed by atoms with Crippen LogP contribution in [0.3, 0.4) is 0 Å². The minimum absolute atomic E-state index is 0.506. The summed E-state index contributed by atoms with van der Waals surface area (Å²) in [6.07, 6.45) is 2.96. The normalized spacial score (nSPS) is 10.6. The van der Waals surface area contributed by atoms with E-state index in [2.05, 4.69) is 9.97 Å². The smallest absolute Gasteiger partial charge is 0.182 e. The van der Waals surface area contributed by atoms with Crippen LogP contribution in [-0.4, -0.2) is 9.97 Å². The Kier molecular flexibility index (Phi) is 1.09. The first-order valence-corrected chi connectivity index (χ1v) is 3.23. The maximum atomic E-state index is 5.55. The van der Waals surface area contributed by atoms with E-state index >= 15 is 0 Å². The monoisotopic (exact) mass is 149 g/mol. The minimum Gasteiger partial charge on any atom is -0.442 e. The fourth-order valence-electron chi connectivity index (χ4n) is 0.975. The summed E-state index contributed by atoms with van der Waals surface area (Å²) in [5.74, 6) is 0.506. The summed E-state index contributed by atoms with van der Waals surface area (Å²) in [5.41, 5.74) is 7.89. The van der Waals surface area contributed by atoms with Crippen molar-refractivity contribution in [3.8, 4) is 0 Å². The van der Waals surface area contributed by atoms with Gasteiger partial charge in [0, 0.05) is 5.56 Å². The highest BCUT2D eigenvalue weighted by Crippen LogP contribution is 2.18. The first-order chi connectivity index (χ1) is 5.29. The van der Waals surface area contributed by atoms with E-state index in [1.807, 2.05) is 6.92 Å². The lowest BCUT2D eigenvalue weighted by molar-refractivity contribution is 0.601. The van der Waals surface area contributed by atoms with Crippen LogP contribution in [0.1, 0.15) is 5.56 Å². The van der Waals surface area contributed by atoms with Gasteiger partial charge in [-0.15, -0.1) is 0 Å². The molecule has 0 aromatic carbocycles. The van der Waals surface area contributed by atoms with Crippen molar-refractivity contribution in [1.82, 2.24) is 9.97 Å². The van der Waals surface area contributed by atoms with Gasteiger partial charge in [0.1, 0.15) is 11.3 Å². The number of anilines is 1. The third kappa shape index (κ3) is 0.756. The van der Waals surface area contributed by atoms with E-state index < -0.39 is 0 Å². The summed E-state index contributed by atoms with van der Waals surface area (Å²) in [6, 6.07) is 0. The molecular weight excluding hydrogens is 142 g/mol. The van der Waals surface area contributed by atoms with Gasteiger partial charge in [0.15, 0.2) is 12.0 Å².